The predicted molar refractivity (Wildman–Crippen MR) is 43.9 cm³/mol. The van der Waals surface area contributed by atoms with Crippen LogP contribution in [0.2, 0.25) is 0 Å². The van der Waals surface area contributed by atoms with Crippen LogP contribution >= 0.6 is 0 Å². The van der Waals surface area contributed by atoms with Gasteiger partial charge in [-0.2, -0.15) is 0 Å². The van der Waals surface area contributed by atoms with Gasteiger partial charge in [-0.1, -0.05) is 24.8 Å². The third-order valence-corrected chi connectivity index (χ3v) is 2.13. The van der Waals surface area contributed by atoms with Crippen LogP contribution in [0.15, 0.2) is 36.0 Å². The molecule has 2 rings (SSSR count). The molecular weight excluding hydrogens is 154 g/mol. The van der Waals surface area contributed by atoms with Crippen LogP contribution in [0.5, 0.6) is 0 Å². The van der Waals surface area contributed by atoms with Crippen molar-refractivity contribution < 1.29 is 9.53 Å². The minimum atomic E-state index is -0.554. The number of rotatable bonds is 0. The van der Waals surface area contributed by atoms with E-state index in [4.69, 9.17) is 10.5 Å². The lowest BCUT2D eigenvalue weighted by atomic mass is 9.89. The van der Waals surface area contributed by atoms with E-state index < -0.39 is 6.23 Å². The number of ether oxygens (including phenoxy) is 1. The SMILES string of the molecule is C=C1C=CC=C2C(=O)OC(N)C12. The fraction of sp³-hybridized carbons (Fsp3) is 0.222. The summed E-state index contributed by atoms with van der Waals surface area (Å²) in [5.41, 5.74) is 7.05. The maximum atomic E-state index is 11.1. The molecule has 2 aliphatic rings. The first-order chi connectivity index (χ1) is 5.70. The topological polar surface area (TPSA) is 52.3 Å². The molecule has 0 radical (unpaired) electrons. The molecule has 1 aliphatic carbocycles. The molecule has 2 atom stereocenters. The average molecular weight is 163 g/mol. The number of nitrogens with two attached hydrogens (primary N) is 1. The molecule has 1 fully saturated rings. The van der Waals surface area contributed by atoms with Crippen molar-refractivity contribution in [1.29, 1.82) is 0 Å². The molecule has 3 nitrogen and oxygen atoms in total. The predicted octanol–water partition coefficient (Wildman–Crippen LogP) is 0.497. The van der Waals surface area contributed by atoms with Crippen molar-refractivity contribution in [2.24, 2.45) is 11.7 Å². The first kappa shape index (κ1) is 7.31. The molecule has 62 valence electrons. The molecule has 1 saturated heterocycles. The summed E-state index contributed by atoms with van der Waals surface area (Å²) in [6.45, 7) is 3.80. The molecule has 0 aromatic carbocycles. The zero-order valence-electron chi connectivity index (χ0n) is 6.49. The maximum absolute atomic E-state index is 11.1. The number of hydrogen-bond donors (Lipinski definition) is 1. The van der Waals surface area contributed by atoms with Crippen molar-refractivity contribution in [1.82, 2.24) is 0 Å². The van der Waals surface area contributed by atoms with Crippen molar-refractivity contribution in [3.05, 3.63) is 36.0 Å². The number of hydrogen-bond acceptors (Lipinski definition) is 3. The van der Waals surface area contributed by atoms with Crippen molar-refractivity contribution in [3.63, 3.8) is 0 Å². The number of cyclic esters (lactones) is 1. The van der Waals surface area contributed by atoms with Gasteiger partial charge in [-0.05, 0) is 5.57 Å². The summed E-state index contributed by atoms with van der Waals surface area (Å²) in [7, 11) is 0. The van der Waals surface area contributed by atoms with Gasteiger partial charge in [0.2, 0.25) is 0 Å². The summed E-state index contributed by atoms with van der Waals surface area (Å²) < 4.78 is 4.85. The van der Waals surface area contributed by atoms with E-state index in [9.17, 15) is 4.79 Å². The molecular formula is C9H9NO2. The number of allylic oxidation sites excluding steroid dienone is 3. The molecule has 3 heteroatoms. The van der Waals surface area contributed by atoms with Crippen LogP contribution in [0.1, 0.15) is 0 Å². The van der Waals surface area contributed by atoms with Crippen LogP contribution < -0.4 is 5.73 Å². The first-order valence-corrected chi connectivity index (χ1v) is 3.74. The molecule has 0 saturated carbocycles. The van der Waals surface area contributed by atoms with Gasteiger partial charge in [0.05, 0.1) is 5.92 Å². The lowest BCUT2D eigenvalue weighted by Crippen LogP contribution is -2.27. The second-order valence-corrected chi connectivity index (χ2v) is 2.90. The Morgan fingerprint density at radius 3 is 3.00 bits per heavy atom. The number of carbonyl (C=O) groups is 1. The number of carbonyl (C=O) groups excluding carboxylic acids is 1. The Morgan fingerprint density at radius 1 is 1.58 bits per heavy atom. The number of fused-ring (bicyclic) bond motifs is 1. The Labute approximate surface area is 70.2 Å². The van der Waals surface area contributed by atoms with E-state index in [2.05, 4.69) is 6.58 Å². The summed E-state index contributed by atoms with van der Waals surface area (Å²) in [5.74, 6) is -0.458. The molecule has 2 N–H and O–H groups in total. The van der Waals surface area contributed by atoms with Gasteiger partial charge >= 0.3 is 5.97 Å². The lowest BCUT2D eigenvalue weighted by Gasteiger charge is -2.15. The standard InChI is InChI=1S/C9H9NO2/c1-5-3-2-4-6-7(5)8(10)12-9(6)11/h2-4,7-8H,1,10H2. The largest absolute Gasteiger partial charge is 0.442 e. The summed E-state index contributed by atoms with van der Waals surface area (Å²) >= 11 is 0. The lowest BCUT2D eigenvalue weighted by molar-refractivity contribution is -0.138. The third kappa shape index (κ3) is 0.833. The van der Waals surface area contributed by atoms with E-state index >= 15 is 0 Å². The Morgan fingerprint density at radius 2 is 2.33 bits per heavy atom. The maximum Gasteiger partial charge on any atom is 0.336 e. The van der Waals surface area contributed by atoms with Crippen molar-refractivity contribution in [3.8, 4) is 0 Å². The van der Waals surface area contributed by atoms with E-state index in [1.807, 2.05) is 6.08 Å². The van der Waals surface area contributed by atoms with Crippen molar-refractivity contribution >= 4 is 5.97 Å². The second kappa shape index (κ2) is 2.32. The molecule has 12 heavy (non-hydrogen) atoms. The molecule has 1 aliphatic heterocycles. The van der Waals surface area contributed by atoms with Crippen LogP contribution in [0.4, 0.5) is 0 Å². The van der Waals surface area contributed by atoms with E-state index in [1.54, 1.807) is 12.2 Å². The minimum absolute atomic E-state index is 0.137. The summed E-state index contributed by atoms with van der Waals surface area (Å²) in [4.78, 5) is 11.1. The van der Waals surface area contributed by atoms with Gasteiger partial charge < -0.3 is 4.74 Å². The molecule has 2 unspecified atom stereocenters. The Balaban J connectivity index is 2.44. The zero-order valence-corrected chi connectivity index (χ0v) is 6.49. The van der Waals surface area contributed by atoms with Gasteiger partial charge in [0, 0.05) is 5.57 Å². The molecule has 0 amide bonds. The Bertz CT molecular complexity index is 312. The van der Waals surface area contributed by atoms with Gasteiger partial charge in [-0.15, -0.1) is 0 Å². The Kier molecular flexibility index (Phi) is 1.41. The smallest absolute Gasteiger partial charge is 0.336 e. The van der Waals surface area contributed by atoms with Gasteiger partial charge in [-0.3, -0.25) is 5.73 Å². The third-order valence-electron chi connectivity index (χ3n) is 2.13. The van der Waals surface area contributed by atoms with E-state index in [-0.39, 0.29) is 11.9 Å². The highest BCUT2D eigenvalue weighted by Crippen LogP contribution is 2.33. The summed E-state index contributed by atoms with van der Waals surface area (Å²) in [6, 6.07) is 0. The average Bonchev–Trinajstić information content (AvgIpc) is 2.29. The highest BCUT2D eigenvalue weighted by molar-refractivity contribution is 5.93. The minimum Gasteiger partial charge on any atom is -0.442 e. The first-order valence-electron chi connectivity index (χ1n) is 3.74. The fourth-order valence-corrected chi connectivity index (χ4v) is 1.53. The summed E-state index contributed by atoms with van der Waals surface area (Å²) in [6.07, 6.45) is 4.80. The van der Waals surface area contributed by atoms with E-state index in [1.165, 1.54) is 0 Å². The fourth-order valence-electron chi connectivity index (χ4n) is 1.53. The zero-order chi connectivity index (χ0) is 8.72. The molecule has 0 bridgehead atoms. The second-order valence-electron chi connectivity index (χ2n) is 2.90. The quantitative estimate of drug-likeness (QED) is 0.529. The van der Waals surface area contributed by atoms with Crippen molar-refractivity contribution in [2.45, 2.75) is 6.23 Å². The highest BCUT2D eigenvalue weighted by Gasteiger charge is 2.39. The Hall–Kier alpha value is -1.35. The van der Waals surface area contributed by atoms with Crippen molar-refractivity contribution in [2.75, 3.05) is 0 Å². The van der Waals surface area contributed by atoms with Gasteiger partial charge in [0.15, 0.2) is 6.23 Å². The van der Waals surface area contributed by atoms with Gasteiger partial charge in [0.1, 0.15) is 0 Å². The highest BCUT2D eigenvalue weighted by atomic mass is 16.6. The van der Waals surface area contributed by atoms with Crippen LogP contribution in [-0.4, -0.2) is 12.2 Å². The van der Waals surface area contributed by atoms with Crippen LogP contribution in [0, 0.1) is 5.92 Å². The van der Waals surface area contributed by atoms with Crippen LogP contribution in [0.25, 0.3) is 0 Å². The molecule has 0 aromatic heterocycles. The van der Waals surface area contributed by atoms with Crippen LogP contribution in [0.3, 0.4) is 0 Å². The normalized spacial score (nSPS) is 32.9. The monoisotopic (exact) mass is 163 g/mol. The number of esters is 1. The van der Waals surface area contributed by atoms with E-state index in [0.29, 0.717) is 5.57 Å². The van der Waals surface area contributed by atoms with Gasteiger partial charge in [0.25, 0.3) is 0 Å². The van der Waals surface area contributed by atoms with E-state index in [0.717, 1.165) is 5.57 Å². The van der Waals surface area contributed by atoms with Crippen LogP contribution in [-0.2, 0) is 9.53 Å². The molecule has 1 heterocycles. The molecule has 0 aromatic rings. The summed E-state index contributed by atoms with van der Waals surface area (Å²) in [5, 5.41) is 0. The molecule has 0 spiro atoms. The van der Waals surface area contributed by atoms with Gasteiger partial charge in [-0.25, -0.2) is 4.79 Å².